The third-order valence-electron chi connectivity index (χ3n) is 6.50. The lowest BCUT2D eigenvalue weighted by atomic mass is 9.87. The zero-order chi connectivity index (χ0) is 22.2. The van der Waals surface area contributed by atoms with E-state index in [1.165, 1.54) is 0 Å². The molecule has 1 amide bonds. The van der Waals surface area contributed by atoms with Crippen molar-refractivity contribution in [1.82, 2.24) is 9.88 Å². The smallest absolute Gasteiger partial charge is 0.270 e. The number of hydrogen-bond donors (Lipinski definition) is 1. The van der Waals surface area contributed by atoms with Gasteiger partial charge in [-0.2, -0.15) is 0 Å². The second-order valence-corrected chi connectivity index (χ2v) is 8.38. The maximum absolute atomic E-state index is 13.3. The number of likely N-dealkylation sites (tertiary alicyclic amines) is 1. The number of nitrogens with one attached hydrogen (secondary N) is 1. The number of Topliss-reactive ketones (excluding diaryl/α,β-unsaturated/α-hetero) is 1. The van der Waals surface area contributed by atoms with Gasteiger partial charge in [0, 0.05) is 30.8 Å². The molecule has 0 bridgehead atoms. The highest BCUT2D eigenvalue weighted by atomic mass is 16.5. The van der Waals surface area contributed by atoms with Crippen molar-refractivity contribution in [2.75, 3.05) is 27.3 Å². The van der Waals surface area contributed by atoms with Crippen molar-refractivity contribution in [2.45, 2.75) is 25.4 Å². The molecule has 2 aromatic carbocycles. The molecule has 1 N–H and O–H groups in total. The monoisotopic (exact) mass is 434 g/mol. The summed E-state index contributed by atoms with van der Waals surface area (Å²) in [4.78, 5) is 31.0. The van der Waals surface area contributed by atoms with Crippen molar-refractivity contribution in [3.63, 3.8) is 0 Å². The lowest BCUT2D eigenvalue weighted by Gasteiger charge is -2.38. The predicted octanol–water partition coefficient (Wildman–Crippen LogP) is 4.07. The number of ketones is 1. The largest absolute Gasteiger partial charge is 0.493 e. The number of hydrogen-bond acceptors (Lipinski definition) is 5. The van der Waals surface area contributed by atoms with Gasteiger partial charge in [-0.3, -0.25) is 9.59 Å². The molecule has 5 rings (SSSR count). The fourth-order valence-electron chi connectivity index (χ4n) is 4.87. The summed E-state index contributed by atoms with van der Waals surface area (Å²) >= 11 is 0. The van der Waals surface area contributed by atoms with Gasteiger partial charge in [0.15, 0.2) is 17.3 Å². The minimum atomic E-state index is -0.208. The van der Waals surface area contributed by atoms with E-state index in [9.17, 15) is 9.59 Å². The van der Waals surface area contributed by atoms with E-state index in [0.29, 0.717) is 48.0 Å². The van der Waals surface area contributed by atoms with Crippen molar-refractivity contribution in [3.05, 3.63) is 53.7 Å². The van der Waals surface area contributed by atoms with Crippen LogP contribution in [0.1, 0.15) is 40.1 Å². The summed E-state index contributed by atoms with van der Waals surface area (Å²) in [5, 5.41) is 0.807. The molecule has 2 atom stereocenters. The van der Waals surface area contributed by atoms with Crippen LogP contribution in [0.3, 0.4) is 0 Å². The Labute approximate surface area is 186 Å². The summed E-state index contributed by atoms with van der Waals surface area (Å²) in [5.74, 6) is 2.03. The molecule has 7 nitrogen and oxygen atoms in total. The maximum atomic E-state index is 13.3. The number of aromatic nitrogens is 1. The van der Waals surface area contributed by atoms with E-state index in [4.69, 9.17) is 14.2 Å². The van der Waals surface area contributed by atoms with Gasteiger partial charge in [0.1, 0.15) is 17.5 Å². The minimum absolute atomic E-state index is 0.0607. The van der Waals surface area contributed by atoms with Crippen LogP contribution in [0.15, 0.2) is 42.5 Å². The molecule has 0 spiro atoms. The van der Waals surface area contributed by atoms with Crippen LogP contribution < -0.4 is 14.2 Å². The number of H-pyrrole nitrogens is 1. The van der Waals surface area contributed by atoms with Crippen LogP contribution in [0, 0.1) is 5.92 Å². The van der Waals surface area contributed by atoms with Gasteiger partial charge in [-0.1, -0.05) is 12.1 Å². The fourth-order valence-corrected chi connectivity index (χ4v) is 4.87. The zero-order valence-corrected chi connectivity index (χ0v) is 18.2. The van der Waals surface area contributed by atoms with Gasteiger partial charge in [-0.25, -0.2) is 0 Å². The number of fused-ring (bicyclic) bond motifs is 2. The Morgan fingerprint density at radius 3 is 2.81 bits per heavy atom. The predicted molar refractivity (Wildman–Crippen MR) is 120 cm³/mol. The van der Waals surface area contributed by atoms with E-state index < -0.39 is 0 Å². The van der Waals surface area contributed by atoms with Crippen LogP contribution in [0.2, 0.25) is 0 Å². The molecule has 2 aliphatic rings. The minimum Gasteiger partial charge on any atom is -0.493 e. The molecular weight excluding hydrogens is 408 g/mol. The van der Waals surface area contributed by atoms with Crippen molar-refractivity contribution in [1.29, 1.82) is 0 Å². The van der Waals surface area contributed by atoms with Gasteiger partial charge >= 0.3 is 0 Å². The number of carbonyl (C=O) groups is 2. The average Bonchev–Trinajstić information content (AvgIpc) is 3.27. The molecule has 1 saturated heterocycles. The summed E-state index contributed by atoms with van der Waals surface area (Å²) in [6.45, 7) is 1.25. The van der Waals surface area contributed by atoms with E-state index in [-0.39, 0.29) is 23.7 Å². The molecule has 3 heterocycles. The molecule has 1 fully saturated rings. The number of methoxy groups -OCH3 is 2. The van der Waals surface area contributed by atoms with Crippen LogP contribution in [0.25, 0.3) is 10.9 Å². The van der Waals surface area contributed by atoms with Gasteiger partial charge in [-0.05, 0) is 43.2 Å². The average molecular weight is 434 g/mol. The number of para-hydroxylation sites is 1. The van der Waals surface area contributed by atoms with E-state index in [2.05, 4.69) is 4.98 Å². The first-order valence-corrected chi connectivity index (χ1v) is 10.9. The number of carbonyl (C=O) groups excluding carboxylic acids is 2. The molecule has 0 radical (unpaired) electrons. The Bertz CT molecular complexity index is 1180. The molecule has 2 unspecified atom stereocenters. The lowest BCUT2D eigenvalue weighted by Crippen LogP contribution is -2.46. The number of rotatable bonds is 4. The van der Waals surface area contributed by atoms with Crippen LogP contribution >= 0.6 is 0 Å². The van der Waals surface area contributed by atoms with Gasteiger partial charge in [0.2, 0.25) is 0 Å². The quantitative estimate of drug-likeness (QED) is 0.670. The van der Waals surface area contributed by atoms with Crippen LogP contribution in [0.5, 0.6) is 17.2 Å². The number of nitrogens with zero attached hydrogens (tertiary/aromatic N) is 1. The first-order valence-electron chi connectivity index (χ1n) is 10.9. The van der Waals surface area contributed by atoms with Gasteiger partial charge in [0.25, 0.3) is 5.91 Å². The van der Waals surface area contributed by atoms with Crippen molar-refractivity contribution >= 4 is 22.6 Å². The van der Waals surface area contributed by atoms with Crippen molar-refractivity contribution in [3.8, 4) is 17.2 Å². The van der Waals surface area contributed by atoms with Crippen molar-refractivity contribution in [2.24, 2.45) is 5.92 Å². The summed E-state index contributed by atoms with van der Waals surface area (Å²) in [7, 11) is 3.18. The molecule has 0 aliphatic carbocycles. The van der Waals surface area contributed by atoms with E-state index >= 15 is 0 Å². The standard InChI is InChI=1S/C25H26N2O5/c1-30-22-10-9-18-17(24(22)31-2)12-19(26-18)25(29)27-11-5-6-15(14-27)23-13-20(28)16-7-3-4-8-21(16)32-23/h3-4,7-10,12,15,23,26H,5-6,11,13-14H2,1-2H3. The Hall–Kier alpha value is -3.48. The Morgan fingerprint density at radius 2 is 2.00 bits per heavy atom. The zero-order valence-electron chi connectivity index (χ0n) is 18.2. The number of amides is 1. The molecule has 166 valence electrons. The molecule has 0 saturated carbocycles. The lowest BCUT2D eigenvalue weighted by molar-refractivity contribution is 0.0406. The van der Waals surface area contributed by atoms with E-state index in [0.717, 1.165) is 23.7 Å². The summed E-state index contributed by atoms with van der Waals surface area (Å²) in [6.07, 6.45) is 1.96. The highest BCUT2D eigenvalue weighted by Crippen LogP contribution is 2.37. The van der Waals surface area contributed by atoms with Gasteiger partial charge in [0.05, 0.1) is 25.3 Å². The number of ether oxygens (including phenoxy) is 3. The topological polar surface area (TPSA) is 80.9 Å². The molecule has 3 aromatic rings. The third kappa shape index (κ3) is 3.47. The number of aromatic amines is 1. The summed E-state index contributed by atoms with van der Waals surface area (Å²) in [5.41, 5.74) is 1.98. The van der Waals surface area contributed by atoms with Crippen LogP contribution in [-0.2, 0) is 0 Å². The van der Waals surface area contributed by atoms with E-state index in [1.807, 2.05) is 47.4 Å². The Balaban J connectivity index is 1.36. The SMILES string of the molecule is COc1ccc2[nH]c(C(=O)N3CCCC(C4CC(=O)c5ccccc5O4)C3)cc2c1OC. The molecular formula is C25H26N2O5. The van der Waals surface area contributed by atoms with E-state index in [1.54, 1.807) is 14.2 Å². The third-order valence-corrected chi connectivity index (χ3v) is 6.50. The second-order valence-electron chi connectivity index (χ2n) is 8.38. The van der Waals surface area contributed by atoms with Crippen LogP contribution in [-0.4, -0.2) is 55.0 Å². The first kappa shape index (κ1) is 20.4. The normalized spacial score (nSPS) is 20.6. The van der Waals surface area contributed by atoms with Crippen LogP contribution in [0.4, 0.5) is 0 Å². The maximum Gasteiger partial charge on any atom is 0.270 e. The number of piperidine rings is 1. The van der Waals surface area contributed by atoms with Gasteiger partial charge in [-0.15, -0.1) is 0 Å². The Kier molecular flexibility index (Phi) is 5.25. The molecule has 1 aromatic heterocycles. The molecule has 7 heteroatoms. The second kappa shape index (κ2) is 8.22. The highest BCUT2D eigenvalue weighted by Gasteiger charge is 2.36. The molecule has 32 heavy (non-hydrogen) atoms. The summed E-state index contributed by atoms with van der Waals surface area (Å²) < 4.78 is 17.1. The highest BCUT2D eigenvalue weighted by molar-refractivity contribution is 6.01. The van der Waals surface area contributed by atoms with Gasteiger partial charge < -0.3 is 24.1 Å². The fraction of sp³-hybridized carbons (Fsp3) is 0.360. The first-order chi connectivity index (χ1) is 15.6. The molecule has 2 aliphatic heterocycles. The Morgan fingerprint density at radius 1 is 1.16 bits per heavy atom. The van der Waals surface area contributed by atoms with Crippen molar-refractivity contribution < 1.29 is 23.8 Å². The summed E-state index contributed by atoms with van der Waals surface area (Å²) in [6, 6.07) is 12.9. The number of benzene rings is 2.